The molecule has 0 bridgehead atoms. The van der Waals surface area contributed by atoms with E-state index in [9.17, 15) is 0 Å². The molecule has 1 saturated heterocycles. The van der Waals surface area contributed by atoms with Crippen molar-refractivity contribution in [3.05, 3.63) is 22.3 Å². The van der Waals surface area contributed by atoms with E-state index in [-0.39, 0.29) is 0 Å². The molecule has 1 atom stereocenters. The van der Waals surface area contributed by atoms with E-state index < -0.39 is 0 Å². The molecular formula is C13H20BrN3. The molecule has 1 aromatic rings. The Morgan fingerprint density at radius 3 is 2.94 bits per heavy atom. The maximum absolute atomic E-state index is 5.79. The lowest BCUT2D eigenvalue weighted by Gasteiger charge is -2.21. The highest BCUT2D eigenvalue weighted by Crippen LogP contribution is 2.29. The summed E-state index contributed by atoms with van der Waals surface area (Å²) in [6, 6.07) is 2.07. The van der Waals surface area contributed by atoms with Crippen LogP contribution in [0, 0.1) is 11.8 Å². The second kappa shape index (κ2) is 5.36. The number of rotatable bonds is 3. The number of hydrogen-bond donors (Lipinski definition) is 1. The summed E-state index contributed by atoms with van der Waals surface area (Å²) >= 11 is 3.44. The molecule has 1 fully saturated rings. The van der Waals surface area contributed by atoms with Crippen LogP contribution in [0.15, 0.2) is 16.7 Å². The van der Waals surface area contributed by atoms with E-state index in [1.54, 1.807) is 0 Å². The van der Waals surface area contributed by atoms with Crippen LogP contribution in [-0.4, -0.2) is 18.1 Å². The zero-order valence-electron chi connectivity index (χ0n) is 10.5. The molecule has 4 heteroatoms. The van der Waals surface area contributed by atoms with Crippen molar-refractivity contribution in [2.75, 3.05) is 18.0 Å². The zero-order chi connectivity index (χ0) is 12.4. The van der Waals surface area contributed by atoms with Gasteiger partial charge in [0.15, 0.2) is 0 Å². The van der Waals surface area contributed by atoms with Gasteiger partial charge in [-0.2, -0.15) is 0 Å². The van der Waals surface area contributed by atoms with E-state index in [4.69, 9.17) is 5.73 Å². The van der Waals surface area contributed by atoms with Crippen molar-refractivity contribution >= 4 is 21.7 Å². The molecular weight excluding hydrogens is 278 g/mol. The van der Waals surface area contributed by atoms with Gasteiger partial charge in [-0.05, 0) is 40.3 Å². The van der Waals surface area contributed by atoms with E-state index in [1.165, 1.54) is 6.42 Å². The van der Waals surface area contributed by atoms with Crippen LogP contribution in [0.2, 0.25) is 0 Å². The fourth-order valence-corrected chi connectivity index (χ4v) is 2.81. The van der Waals surface area contributed by atoms with Crippen molar-refractivity contribution in [1.29, 1.82) is 0 Å². The van der Waals surface area contributed by atoms with Gasteiger partial charge in [0.25, 0.3) is 0 Å². The Bertz CT molecular complexity index is 392. The van der Waals surface area contributed by atoms with Crippen LogP contribution in [0.1, 0.15) is 25.8 Å². The highest BCUT2D eigenvalue weighted by atomic mass is 79.9. The molecule has 3 nitrogen and oxygen atoms in total. The SMILES string of the molecule is CC(C)C1CCN(c2ncc(Br)cc2CN)C1. The summed E-state index contributed by atoms with van der Waals surface area (Å²) in [6.07, 6.45) is 3.12. The average molecular weight is 298 g/mol. The number of aromatic nitrogens is 1. The minimum absolute atomic E-state index is 0.546. The van der Waals surface area contributed by atoms with Crippen molar-refractivity contribution in [3.63, 3.8) is 0 Å². The number of halogens is 1. The van der Waals surface area contributed by atoms with Crippen LogP contribution in [0.3, 0.4) is 0 Å². The molecule has 0 amide bonds. The third kappa shape index (κ3) is 2.80. The average Bonchev–Trinajstić information content (AvgIpc) is 2.78. The summed E-state index contributed by atoms with van der Waals surface area (Å²) in [6.45, 7) is 7.36. The molecule has 1 aromatic heterocycles. The van der Waals surface area contributed by atoms with Gasteiger partial charge in [-0.25, -0.2) is 4.98 Å². The smallest absolute Gasteiger partial charge is 0.133 e. The standard InChI is InChI=1S/C13H20BrN3/c1-9(2)10-3-4-17(8-10)13-11(6-15)5-12(14)7-16-13/h5,7,9-10H,3-4,6,8,15H2,1-2H3. The molecule has 0 aliphatic carbocycles. The Morgan fingerprint density at radius 1 is 1.59 bits per heavy atom. The molecule has 0 radical (unpaired) electrons. The maximum Gasteiger partial charge on any atom is 0.133 e. The fraction of sp³-hybridized carbons (Fsp3) is 0.615. The first-order chi connectivity index (χ1) is 8.11. The zero-order valence-corrected chi connectivity index (χ0v) is 12.1. The minimum Gasteiger partial charge on any atom is -0.356 e. The monoisotopic (exact) mass is 297 g/mol. The lowest BCUT2D eigenvalue weighted by atomic mass is 9.95. The van der Waals surface area contributed by atoms with Crippen molar-refractivity contribution in [2.45, 2.75) is 26.8 Å². The van der Waals surface area contributed by atoms with Crippen molar-refractivity contribution in [1.82, 2.24) is 4.98 Å². The Balaban J connectivity index is 2.18. The van der Waals surface area contributed by atoms with Crippen LogP contribution >= 0.6 is 15.9 Å². The van der Waals surface area contributed by atoms with Gasteiger partial charge < -0.3 is 10.6 Å². The Morgan fingerprint density at radius 2 is 2.35 bits per heavy atom. The van der Waals surface area contributed by atoms with Crippen LogP contribution < -0.4 is 10.6 Å². The highest BCUT2D eigenvalue weighted by molar-refractivity contribution is 9.10. The van der Waals surface area contributed by atoms with Gasteiger partial charge in [-0.3, -0.25) is 0 Å². The van der Waals surface area contributed by atoms with Gasteiger partial charge in [0.2, 0.25) is 0 Å². The normalized spacial score (nSPS) is 20.3. The first-order valence-electron chi connectivity index (χ1n) is 6.21. The summed E-state index contributed by atoms with van der Waals surface area (Å²) < 4.78 is 1.00. The van der Waals surface area contributed by atoms with Crippen LogP contribution in [0.4, 0.5) is 5.82 Å². The molecule has 1 aliphatic heterocycles. The summed E-state index contributed by atoms with van der Waals surface area (Å²) in [7, 11) is 0. The lowest BCUT2D eigenvalue weighted by Crippen LogP contribution is -2.24. The second-order valence-corrected chi connectivity index (χ2v) is 5.99. The molecule has 94 valence electrons. The molecule has 1 aliphatic rings. The number of anilines is 1. The fourth-order valence-electron chi connectivity index (χ4n) is 2.43. The molecule has 1 unspecified atom stereocenters. The molecule has 2 N–H and O–H groups in total. The van der Waals surface area contributed by atoms with Gasteiger partial charge in [-0.1, -0.05) is 13.8 Å². The molecule has 2 heterocycles. The van der Waals surface area contributed by atoms with Crippen molar-refractivity contribution in [2.24, 2.45) is 17.6 Å². The summed E-state index contributed by atoms with van der Waals surface area (Å²) in [4.78, 5) is 6.90. The van der Waals surface area contributed by atoms with E-state index in [0.717, 1.165) is 40.8 Å². The summed E-state index contributed by atoms with van der Waals surface area (Å²) in [5.41, 5.74) is 6.92. The largest absolute Gasteiger partial charge is 0.356 e. The highest BCUT2D eigenvalue weighted by Gasteiger charge is 2.26. The number of nitrogens with two attached hydrogens (primary N) is 1. The van der Waals surface area contributed by atoms with Gasteiger partial charge in [-0.15, -0.1) is 0 Å². The number of nitrogens with zero attached hydrogens (tertiary/aromatic N) is 2. The van der Waals surface area contributed by atoms with E-state index in [2.05, 4.69) is 45.7 Å². The third-order valence-corrected chi connectivity index (χ3v) is 4.03. The number of hydrogen-bond acceptors (Lipinski definition) is 3. The maximum atomic E-state index is 5.79. The molecule has 0 aromatic carbocycles. The predicted molar refractivity (Wildman–Crippen MR) is 75.0 cm³/mol. The van der Waals surface area contributed by atoms with Gasteiger partial charge in [0.1, 0.15) is 5.82 Å². The van der Waals surface area contributed by atoms with E-state index >= 15 is 0 Å². The Kier molecular flexibility index (Phi) is 4.05. The third-order valence-electron chi connectivity index (χ3n) is 3.60. The summed E-state index contributed by atoms with van der Waals surface area (Å²) in [5.74, 6) is 2.60. The Hall–Kier alpha value is -0.610. The molecule has 0 spiro atoms. The quantitative estimate of drug-likeness (QED) is 0.933. The first kappa shape index (κ1) is 12.8. The predicted octanol–water partition coefficient (Wildman–Crippen LogP) is 2.79. The van der Waals surface area contributed by atoms with Gasteiger partial charge in [0, 0.05) is 35.9 Å². The Labute approximate surface area is 112 Å². The summed E-state index contributed by atoms with van der Waals surface area (Å²) in [5, 5.41) is 0. The first-order valence-corrected chi connectivity index (χ1v) is 7.00. The van der Waals surface area contributed by atoms with Crippen LogP contribution in [-0.2, 0) is 6.54 Å². The van der Waals surface area contributed by atoms with Crippen molar-refractivity contribution < 1.29 is 0 Å². The number of pyridine rings is 1. The van der Waals surface area contributed by atoms with Gasteiger partial charge in [0.05, 0.1) is 0 Å². The molecule has 2 rings (SSSR count). The molecule has 0 saturated carbocycles. The van der Waals surface area contributed by atoms with E-state index in [1.807, 2.05) is 6.20 Å². The van der Waals surface area contributed by atoms with Crippen molar-refractivity contribution in [3.8, 4) is 0 Å². The van der Waals surface area contributed by atoms with Crippen LogP contribution in [0.5, 0.6) is 0 Å². The minimum atomic E-state index is 0.546. The molecule has 17 heavy (non-hydrogen) atoms. The lowest BCUT2D eigenvalue weighted by molar-refractivity contribution is 0.422. The van der Waals surface area contributed by atoms with Gasteiger partial charge >= 0.3 is 0 Å². The van der Waals surface area contributed by atoms with E-state index in [0.29, 0.717) is 6.54 Å². The topological polar surface area (TPSA) is 42.2 Å². The van der Waals surface area contributed by atoms with Crippen LogP contribution in [0.25, 0.3) is 0 Å². The second-order valence-electron chi connectivity index (χ2n) is 5.08.